The zero-order valence-electron chi connectivity index (χ0n) is 9.09. The molecule has 2 aromatic rings. The van der Waals surface area contributed by atoms with Gasteiger partial charge in [0.15, 0.2) is 6.61 Å². The molecule has 0 aliphatic rings. The first-order valence-electron chi connectivity index (χ1n) is 5.07. The molecule has 16 heavy (non-hydrogen) atoms. The maximum absolute atomic E-state index is 5.51. The van der Waals surface area contributed by atoms with Gasteiger partial charge in [0.2, 0.25) is 0 Å². The van der Waals surface area contributed by atoms with Crippen molar-refractivity contribution in [2.24, 2.45) is 0 Å². The lowest BCUT2D eigenvalue weighted by molar-refractivity contribution is 0.408. The van der Waals surface area contributed by atoms with E-state index < -0.39 is 0 Å². The Hall–Kier alpha value is -1.96. The molecule has 0 saturated carbocycles. The highest BCUT2D eigenvalue weighted by atomic mass is 16.5. The first-order valence-corrected chi connectivity index (χ1v) is 5.07. The van der Waals surface area contributed by atoms with Crippen molar-refractivity contribution in [2.75, 3.05) is 7.11 Å². The monoisotopic (exact) mass is 213 g/mol. The molecule has 0 fully saturated rings. The maximum Gasteiger partial charge on any atom is 0.165 e. The summed E-state index contributed by atoms with van der Waals surface area (Å²) in [6, 6.07) is 17.4. The zero-order chi connectivity index (χ0) is 11.2. The van der Waals surface area contributed by atoms with E-state index in [4.69, 9.17) is 9.47 Å². The molecule has 0 aliphatic heterocycles. The van der Waals surface area contributed by atoms with Gasteiger partial charge in [0, 0.05) is 0 Å². The van der Waals surface area contributed by atoms with E-state index in [1.807, 2.05) is 54.6 Å². The van der Waals surface area contributed by atoms with Crippen molar-refractivity contribution >= 4 is 0 Å². The Morgan fingerprint density at radius 3 is 2.06 bits per heavy atom. The molecule has 0 atom stereocenters. The highest BCUT2D eigenvalue weighted by Gasteiger charge is 1.96. The second-order valence-corrected chi connectivity index (χ2v) is 3.32. The number of benzene rings is 2. The molecule has 2 nitrogen and oxygen atoms in total. The number of hydrogen-bond donors (Lipinski definition) is 0. The fourth-order valence-corrected chi connectivity index (χ4v) is 1.32. The van der Waals surface area contributed by atoms with E-state index >= 15 is 0 Å². The predicted octanol–water partition coefficient (Wildman–Crippen LogP) is 3.28. The third-order valence-electron chi connectivity index (χ3n) is 2.19. The van der Waals surface area contributed by atoms with Crippen molar-refractivity contribution in [3.8, 4) is 11.5 Å². The van der Waals surface area contributed by atoms with Gasteiger partial charge in [-0.15, -0.1) is 0 Å². The van der Waals surface area contributed by atoms with E-state index in [0.717, 1.165) is 17.1 Å². The van der Waals surface area contributed by atoms with Crippen LogP contribution in [0.1, 0.15) is 5.56 Å². The third kappa shape index (κ3) is 2.76. The Bertz CT molecular complexity index is 420. The van der Waals surface area contributed by atoms with Gasteiger partial charge in [-0.05, 0) is 29.8 Å². The van der Waals surface area contributed by atoms with Gasteiger partial charge >= 0.3 is 0 Å². The largest absolute Gasteiger partial charge is 0.497 e. The standard InChI is InChI=1S/C14H13O2/c1-15-13-7-9-14(10-8-13)16-11-12-5-3-2-4-6-12/h2-11H,1H3. The van der Waals surface area contributed by atoms with Crippen LogP contribution in [0, 0.1) is 6.61 Å². The molecular weight excluding hydrogens is 200 g/mol. The van der Waals surface area contributed by atoms with E-state index in [1.54, 1.807) is 13.7 Å². The van der Waals surface area contributed by atoms with Crippen molar-refractivity contribution in [1.29, 1.82) is 0 Å². The Morgan fingerprint density at radius 2 is 1.44 bits per heavy atom. The van der Waals surface area contributed by atoms with Gasteiger partial charge in [-0.1, -0.05) is 30.3 Å². The molecule has 0 unspecified atom stereocenters. The average Bonchev–Trinajstić information content (AvgIpc) is 2.38. The average molecular weight is 213 g/mol. The normalized spacial score (nSPS) is 9.81. The van der Waals surface area contributed by atoms with Crippen LogP contribution in [0.4, 0.5) is 0 Å². The lowest BCUT2D eigenvalue weighted by atomic mass is 10.2. The molecule has 81 valence electrons. The second kappa shape index (κ2) is 5.21. The Balaban J connectivity index is 1.94. The maximum atomic E-state index is 5.51. The summed E-state index contributed by atoms with van der Waals surface area (Å²) in [5.74, 6) is 1.62. The van der Waals surface area contributed by atoms with E-state index in [-0.39, 0.29) is 0 Å². The SMILES string of the molecule is COc1ccc(O[CH]c2ccccc2)cc1. The van der Waals surface area contributed by atoms with Crippen molar-refractivity contribution in [1.82, 2.24) is 0 Å². The minimum Gasteiger partial charge on any atom is -0.497 e. The van der Waals surface area contributed by atoms with Crippen LogP contribution in [-0.4, -0.2) is 7.11 Å². The van der Waals surface area contributed by atoms with Crippen LogP contribution >= 0.6 is 0 Å². The summed E-state index contributed by atoms with van der Waals surface area (Å²) in [5, 5.41) is 0. The summed E-state index contributed by atoms with van der Waals surface area (Å²) >= 11 is 0. The molecule has 2 rings (SSSR count). The van der Waals surface area contributed by atoms with Crippen LogP contribution in [0.25, 0.3) is 0 Å². The van der Waals surface area contributed by atoms with Crippen LogP contribution in [-0.2, 0) is 0 Å². The van der Waals surface area contributed by atoms with Crippen molar-refractivity contribution in [3.63, 3.8) is 0 Å². The molecule has 0 aromatic heterocycles. The summed E-state index contributed by atoms with van der Waals surface area (Å²) in [6.45, 7) is 1.72. The first-order chi connectivity index (χ1) is 7.88. The number of methoxy groups -OCH3 is 1. The van der Waals surface area contributed by atoms with Crippen molar-refractivity contribution in [2.45, 2.75) is 0 Å². The molecule has 0 saturated heterocycles. The molecule has 0 aliphatic carbocycles. The van der Waals surface area contributed by atoms with Crippen molar-refractivity contribution in [3.05, 3.63) is 66.8 Å². The Morgan fingerprint density at radius 1 is 0.812 bits per heavy atom. The van der Waals surface area contributed by atoms with Crippen LogP contribution in [0.2, 0.25) is 0 Å². The highest BCUT2D eigenvalue weighted by Crippen LogP contribution is 2.18. The smallest absolute Gasteiger partial charge is 0.165 e. The molecule has 0 heterocycles. The molecule has 2 aromatic carbocycles. The summed E-state index contributed by atoms with van der Waals surface area (Å²) in [6.07, 6.45) is 0. The molecule has 2 heteroatoms. The van der Waals surface area contributed by atoms with Crippen LogP contribution < -0.4 is 9.47 Å². The quantitative estimate of drug-likeness (QED) is 0.776. The summed E-state index contributed by atoms with van der Waals surface area (Å²) < 4.78 is 10.6. The van der Waals surface area contributed by atoms with Gasteiger partial charge in [-0.3, -0.25) is 0 Å². The van der Waals surface area contributed by atoms with Crippen LogP contribution in [0.3, 0.4) is 0 Å². The van der Waals surface area contributed by atoms with Gasteiger partial charge in [-0.25, -0.2) is 0 Å². The lowest BCUT2D eigenvalue weighted by Gasteiger charge is -2.05. The number of rotatable bonds is 4. The zero-order valence-corrected chi connectivity index (χ0v) is 9.09. The summed E-state index contributed by atoms with van der Waals surface area (Å²) in [5.41, 5.74) is 1.04. The fourth-order valence-electron chi connectivity index (χ4n) is 1.32. The third-order valence-corrected chi connectivity index (χ3v) is 2.19. The highest BCUT2D eigenvalue weighted by molar-refractivity contribution is 5.32. The predicted molar refractivity (Wildman–Crippen MR) is 63.5 cm³/mol. The topological polar surface area (TPSA) is 18.5 Å². The van der Waals surface area contributed by atoms with Crippen LogP contribution in [0.5, 0.6) is 11.5 Å². The minimum atomic E-state index is 0.796. The molecular formula is C14H13O2. The van der Waals surface area contributed by atoms with Gasteiger partial charge in [0.25, 0.3) is 0 Å². The van der Waals surface area contributed by atoms with E-state index in [2.05, 4.69) is 0 Å². The summed E-state index contributed by atoms with van der Waals surface area (Å²) in [7, 11) is 1.64. The van der Waals surface area contributed by atoms with E-state index in [1.165, 1.54) is 0 Å². The van der Waals surface area contributed by atoms with Gasteiger partial charge < -0.3 is 9.47 Å². The molecule has 0 amide bonds. The number of hydrogen-bond acceptors (Lipinski definition) is 2. The van der Waals surface area contributed by atoms with Gasteiger partial charge in [-0.2, -0.15) is 0 Å². The second-order valence-electron chi connectivity index (χ2n) is 3.32. The van der Waals surface area contributed by atoms with Crippen molar-refractivity contribution < 1.29 is 9.47 Å². The fraction of sp³-hybridized carbons (Fsp3) is 0.0714. The molecule has 1 radical (unpaired) electrons. The Labute approximate surface area is 95.4 Å². The molecule has 0 N–H and O–H groups in total. The van der Waals surface area contributed by atoms with Gasteiger partial charge in [0.05, 0.1) is 7.11 Å². The minimum absolute atomic E-state index is 0.796. The van der Waals surface area contributed by atoms with Crippen LogP contribution in [0.15, 0.2) is 54.6 Å². The first kappa shape index (κ1) is 10.6. The molecule has 0 bridgehead atoms. The summed E-state index contributed by atoms with van der Waals surface area (Å²) in [4.78, 5) is 0. The number of ether oxygens (including phenoxy) is 2. The molecule has 0 spiro atoms. The lowest BCUT2D eigenvalue weighted by Crippen LogP contribution is -1.91. The van der Waals surface area contributed by atoms with E-state index in [9.17, 15) is 0 Å². The van der Waals surface area contributed by atoms with E-state index in [0.29, 0.717) is 0 Å². The Kier molecular flexibility index (Phi) is 3.44. The van der Waals surface area contributed by atoms with Gasteiger partial charge in [0.1, 0.15) is 11.5 Å².